The standard InChI is InChI=1S/C27H28N4O2/c1-29(18-22-8-2-3-9-25(22)30-15-6-7-16-30)27(32)21-11-13-24(14-12-21)33-20-23-19-31-17-5-4-10-26(31)28-23/h2-5,8-14,17,19H,6-7,15-16,18,20H2,1H3. The number of fused-ring (bicyclic) bond motifs is 1. The number of carbonyl (C=O) groups is 1. The highest BCUT2D eigenvalue weighted by Crippen LogP contribution is 2.26. The van der Waals surface area contributed by atoms with Gasteiger partial charge >= 0.3 is 0 Å². The molecule has 0 aliphatic carbocycles. The van der Waals surface area contributed by atoms with Gasteiger partial charge < -0.3 is 18.9 Å². The van der Waals surface area contributed by atoms with Crippen LogP contribution in [-0.2, 0) is 13.2 Å². The first-order chi connectivity index (χ1) is 16.2. The Hall–Kier alpha value is -3.80. The molecule has 4 aromatic rings. The van der Waals surface area contributed by atoms with E-state index in [4.69, 9.17) is 4.74 Å². The van der Waals surface area contributed by atoms with Crippen LogP contribution < -0.4 is 9.64 Å². The Labute approximate surface area is 194 Å². The van der Waals surface area contributed by atoms with E-state index in [1.165, 1.54) is 24.1 Å². The second kappa shape index (κ2) is 9.36. The van der Waals surface area contributed by atoms with Gasteiger partial charge in [-0.3, -0.25) is 4.79 Å². The zero-order valence-electron chi connectivity index (χ0n) is 18.9. The van der Waals surface area contributed by atoms with Gasteiger partial charge in [0.25, 0.3) is 5.91 Å². The number of pyridine rings is 1. The molecule has 0 bridgehead atoms. The summed E-state index contributed by atoms with van der Waals surface area (Å²) < 4.78 is 7.85. The van der Waals surface area contributed by atoms with Crippen LogP contribution >= 0.6 is 0 Å². The number of hydrogen-bond donors (Lipinski definition) is 0. The van der Waals surface area contributed by atoms with Crippen molar-refractivity contribution in [1.82, 2.24) is 14.3 Å². The normalized spacial score (nSPS) is 13.4. The van der Waals surface area contributed by atoms with Crippen molar-refractivity contribution in [3.63, 3.8) is 0 Å². The van der Waals surface area contributed by atoms with E-state index in [2.05, 4.69) is 28.1 Å². The molecular weight excluding hydrogens is 412 g/mol. The molecule has 1 saturated heterocycles. The Morgan fingerprint density at radius 2 is 1.76 bits per heavy atom. The van der Waals surface area contributed by atoms with E-state index in [-0.39, 0.29) is 5.91 Å². The van der Waals surface area contributed by atoms with Crippen molar-refractivity contribution >= 4 is 17.2 Å². The third-order valence-electron chi connectivity index (χ3n) is 6.09. The lowest BCUT2D eigenvalue weighted by molar-refractivity contribution is 0.0785. The second-order valence-electron chi connectivity index (χ2n) is 8.50. The fraction of sp³-hybridized carbons (Fsp3) is 0.259. The van der Waals surface area contributed by atoms with Gasteiger partial charge in [0.15, 0.2) is 0 Å². The van der Waals surface area contributed by atoms with E-state index in [9.17, 15) is 4.79 Å². The van der Waals surface area contributed by atoms with Crippen molar-refractivity contribution in [2.24, 2.45) is 0 Å². The van der Waals surface area contributed by atoms with E-state index in [1.807, 2.05) is 72.4 Å². The summed E-state index contributed by atoms with van der Waals surface area (Å²) in [6, 6.07) is 21.6. The van der Waals surface area contributed by atoms with Gasteiger partial charge in [0, 0.05) is 50.3 Å². The fourth-order valence-corrected chi connectivity index (χ4v) is 4.37. The van der Waals surface area contributed by atoms with Crippen molar-refractivity contribution < 1.29 is 9.53 Å². The summed E-state index contributed by atoms with van der Waals surface area (Å²) >= 11 is 0. The number of anilines is 1. The average molecular weight is 441 g/mol. The van der Waals surface area contributed by atoms with Crippen LogP contribution in [0.2, 0.25) is 0 Å². The number of aromatic nitrogens is 2. The SMILES string of the molecule is CN(Cc1ccccc1N1CCCC1)C(=O)c1ccc(OCc2cn3ccccc3n2)cc1. The maximum atomic E-state index is 13.0. The number of nitrogens with zero attached hydrogens (tertiary/aromatic N) is 4. The zero-order chi connectivity index (χ0) is 22.6. The van der Waals surface area contributed by atoms with Gasteiger partial charge in [0.2, 0.25) is 0 Å². The van der Waals surface area contributed by atoms with Gasteiger partial charge in [-0.05, 0) is 60.9 Å². The maximum absolute atomic E-state index is 13.0. The molecule has 0 atom stereocenters. The molecule has 2 aromatic heterocycles. The molecule has 33 heavy (non-hydrogen) atoms. The van der Waals surface area contributed by atoms with Crippen molar-refractivity contribution in [1.29, 1.82) is 0 Å². The lowest BCUT2D eigenvalue weighted by Gasteiger charge is -2.24. The van der Waals surface area contributed by atoms with Gasteiger partial charge in [-0.2, -0.15) is 0 Å². The first kappa shape index (κ1) is 21.1. The smallest absolute Gasteiger partial charge is 0.253 e. The summed E-state index contributed by atoms with van der Waals surface area (Å²) in [7, 11) is 1.86. The third kappa shape index (κ3) is 4.70. The first-order valence-electron chi connectivity index (χ1n) is 11.4. The highest BCUT2D eigenvalue weighted by molar-refractivity contribution is 5.94. The van der Waals surface area contributed by atoms with Crippen LogP contribution in [0.3, 0.4) is 0 Å². The number of hydrogen-bond acceptors (Lipinski definition) is 4. The van der Waals surface area contributed by atoms with Crippen LogP contribution in [0.1, 0.15) is 34.5 Å². The van der Waals surface area contributed by atoms with Crippen LogP contribution in [0.25, 0.3) is 5.65 Å². The molecule has 0 radical (unpaired) electrons. The number of carbonyl (C=O) groups excluding carboxylic acids is 1. The van der Waals surface area contributed by atoms with E-state index in [0.717, 1.165) is 24.4 Å². The van der Waals surface area contributed by atoms with Gasteiger partial charge in [-0.1, -0.05) is 24.3 Å². The van der Waals surface area contributed by atoms with E-state index in [1.54, 1.807) is 4.90 Å². The minimum Gasteiger partial charge on any atom is -0.487 e. The van der Waals surface area contributed by atoms with Crippen LogP contribution in [0.5, 0.6) is 5.75 Å². The highest BCUT2D eigenvalue weighted by Gasteiger charge is 2.18. The van der Waals surface area contributed by atoms with Crippen LogP contribution in [0.15, 0.2) is 79.1 Å². The molecule has 6 nitrogen and oxygen atoms in total. The van der Waals surface area contributed by atoms with Gasteiger partial charge in [-0.15, -0.1) is 0 Å². The number of ether oxygens (including phenoxy) is 1. The number of rotatable bonds is 7. The number of para-hydroxylation sites is 1. The van der Waals surface area contributed by atoms with Crippen molar-refractivity contribution in [3.05, 3.63) is 95.9 Å². The molecule has 1 amide bonds. The summed E-state index contributed by atoms with van der Waals surface area (Å²) in [5.74, 6) is 0.712. The number of amides is 1. The fourth-order valence-electron chi connectivity index (χ4n) is 4.37. The Morgan fingerprint density at radius 1 is 1.00 bits per heavy atom. The molecule has 3 heterocycles. The van der Waals surface area contributed by atoms with Gasteiger partial charge in [0.05, 0.1) is 5.69 Å². The minimum atomic E-state index is -0.00174. The van der Waals surface area contributed by atoms with Crippen LogP contribution in [0.4, 0.5) is 5.69 Å². The summed E-state index contributed by atoms with van der Waals surface area (Å²) in [5.41, 5.74) is 4.83. The second-order valence-corrected chi connectivity index (χ2v) is 8.50. The Balaban J connectivity index is 1.21. The van der Waals surface area contributed by atoms with Crippen LogP contribution in [-0.4, -0.2) is 40.3 Å². The van der Waals surface area contributed by atoms with Crippen LogP contribution in [0, 0.1) is 0 Å². The number of benzene rings is 2. The minimum absolute atomic E-state index is 0.00174. The predicted octanol–water partition coefficient (Wildman–Crippen LogP) is 4.79. The molecule has 0 N–H and O–H groups in total. The van der Waals surface area contributed by atoms with E-state index < -0.39 is 0 Å². The maximum Gasteiger partial charge on any atom is 0.253 e. The molecule has 1 fully saturated rings. The summed E-state index contributed by atoms with van der Waals surface area (Å²) in [5, 5.41) is 0. The molecule has 1 aliphatic rings. The third-order valence-corrected chi connectivity index (χ3v) is 6.09. The Bertz CT molecular complexity index is 1210. The predicted molar refractivity (Wildman–Crippen MR) is 130 cm³/mol. The molecule has 6 heteroatoms. The lowest BCUT2D eigenvalue weighted by atomic mass is 10.1. The largest absolute Gasteiger partial charge is 0.487 e. The zero-order valence-corrected chi connectivity index (χ0v) is 18.9. The van der Waals surface area contributed by atoms with Crippen molar-refractivity contribution in [3.8, 4) is 5.75 Å². The summed E-state index contributed by atoms with van der Waals surface area (Å²) in [4.78, 5) is 21.8. The van der Waals surface area contributed by atoms with E-state index >= 15 is 0 Å². The Morgan fingerprint density at radius 3 is 2.55 bits per heavy atom. The lowest BCUT2D eigenvalue weighted by Crippen LogP contribution is -2.28. The van der Waals surface area contributed by atoms with Crippen molar-refractivity contribution in [2.75, 3.05) is 25.0 Å². The molecule has 0 unspecified atom stereocenters. The first-order valence-corrected chi connectivity index (χ1v) is 11.4. The quantitative estimate of drug-likeness (QED) is 0.415. The number of imidazole rings is 1. The summed E-state index contributed by atoms with van der Waals surface area (Å²) in [6.07, 6.45) is 6.39. The topological polar surface area (TPSA) is 50.1 Å². The van der Waals surface area contributed by atoms with Crippen molar-refractivity contribution in [2.45, 2.75) is 26.0 Å². The van der Waals surface area contributed by atoms with Gasteiger partial charge in [0.1, 0.15) is 18.0 Å². The molecular formula is C27H28N4O2. The molecule has 5 rings (SSSR count). The van der Waals surface area contributed by atoms with E-state index in [0.29, 0.717) is 24.5 Å². The molecule has 0 saturated carbocycles. The summed E-state index contributed by atoms with van der Waals surface area (Å²) in [6.45, 7) is 3.13. The molecule has 168 valence electrons. The molecule has 1 aliphatic heterocycles. The molecule has 0 spiro atoms. The molecule has 2 aromatic carbocycles. The highest BCUT2D eigenvalue weighted by atomic mass is 16.5. The Kier molecular flexibility index (Phi) is 5.98. The monoisotopic (exact) mass is 440 g/mol. The average Bonchev–Trinajstić information content (AvgIpc) is 3.53. The van der Waals surface area contributed by atoms with Gasteiger partial charge in [-0.25, -0.2) is 4.98 Å².